The van der Waals surface area contributed by atoms with E-state index in [9.17, 15) is 33.6 Å². The molecule has 4 aliphatic carbocycles. The summed E-state index contributed by atoms with van der Waals surface area (Å²) in [5.41, 5.74) is 1.81. The Morgan fingerprint density at radius 3 is 1.25 bits per heavy atom. The standard InChI is InChI=1S/C66H81NO15S3/c1-5-51-52(6-2)58(82-65(74)46-28-24-44(25-29-46)63(72)80-50-36-32-48(33-37-50)76-39-17-10-12-19-41-78-54(69)8-4)61-60(83-66(84-61)59-56(70)55(67-85-59)42-20-14-13-15-21-42)57(51)81-64(73)45-26-22-43(23-27-45)62(71)79-49-34-30-47(31-35-49)75-38-16-9-11-18-40-77-53(68)7-3/h5-8,13-15,20-21,43-50H,1-4,9-12,16-19,22-41H2. The molecular formula is C66H81NO15S3. The SMILES string of the molecule is C=CC(=O)OCCCCCCOC1CCC(OC(=O)C2CCC(C(=O)Oc3c(C=C)c(C=C)c(OC(=O)C4CCC(C(=O)OC5CCC(OCCCCCCOC(=O)C=C)CC5)CC4)c4c3SC(=C3SN=C(c5ccccc5)C3=O)S4)CC2)CC1. The lowest BCUT2D eigenvalue weighted by atomic mass is 9.82. The molecule has 0 atom stereocenters. The molecular weight excluding hydrogens is 1140 g/mol. The number of allylic oxidation sites excluding steroid dienone is 1. The highest BCUT2D eigenvalue weighted by Crippen LogP contribution is 2.63. The van der Waals surface area contributed by atoms with Gasteiger partial charge in [0.1, 0.15) is 22.8 Å². The molecule has 2 aromatic rings. The third kappa shape index (κ3) is 18.4. The first-order chi connectivity index (χ1) is 41.4. The number of carbonyl (C=O) groups excluding carboxylic acids is 7. The van der Waals surface area contributed by atoms with Gasteiger partial charge in [0.15, 0.2) is 11.5 Å². The van der Waals surface area contributed by atoms with Crippen LogP contribution in [-0.4, -0.2) is 98.2 Å². The van der Waals surface area contributed by atoms with Crippen molar-refractivity contribution in [3.8, 4) is 11.5 Å². The van der Waals surface area contributed by atoms with Gasteiger partial charge in [-0.25, -0.2) is 14.0 Å². The average Bonchev–Trinajstić information content (AvgIpc) is 2.63. The van der Waals surface area contributed by atoms with Gasteiger partial charge in [-0.05, 0) is 141 Å². The van der Waals surface area contributed by atoms with Gasteiger partial charge in [0.05, 0.1) is 63.1 Å². The second-order valence-corrected chi connectivity index (χ2v) is 25.6. The Labute approximate surface area is 512 Å². The second-order valence-electron chi connectivity index (χ2n) is 22.5. The number of ketones is 1. The van der Waals surface area contributed by atoms with Gasteiger partial charge in [-0.15, -0.1) is 0 Å². The maximum atomic E-state index is 14.3. The summed E-state index contributed by atoms with van der Waals surface area (Å²) in [6.07, 6.45) is 22.5. The first-order valence-electron chi connectivity index (χ1n) is 30.5. The monoisotopic (exact) mass is 1220 g/mol. The highest BCUT2D eigenvalue weighted by Gasteiger charge is 2.41. The van der Waals surface area contributed by atoms with Gasteiger partial charge >= 0.3 is 35.8 Å². The zero-order valence-electron chi connectivity index (χ0n) is 48.7. The molecule has 16 nitrogen and oxygen atoms in total. The number of thioether (sulfide) groups is 2. The van der Waals surface area contributed by atoms with E-state index in [1.807, 2.05) is 30.3 Å². The van der Waals surface area contributed by atoms with Crippen molar-refractivity contribution in [1.29, 1.82) is 0 Å². The van der Waals surface area contributed by atoms with Crippen LogP contribution in [0.2, 0.25) is 0 Å². The summed E-state index contributed by atoms with van der Waals surface area (Å²) in [5.74, 6) is -3.66. The number of ether oxygens (including phenoxy) is 8. The van der Waals surface area contributed by atoms with E-state index < -0.39 is 35.7 Å². The van der Waals surface area contributed by atoms with E-state index in [4.69, 9.17) is 37.9 Å². The van der Waals surface area contributed by atoms with E-state index in [-0.39, 0.29) is 65.5 Å². The lowest BCUT2D eigenvalue weighted by Gasteiger charge is -2.31. The van der Waals surface area contributed by atoms with Crippen LogP contribution >= 0.6 is 35.5 Å². The van der Waals surface area contributed by atoms with Crippen LogP contribution in [0.25, 0.3) is 12.2 Å². The highest BCUT2D eigenvalue weighted by molar-refractivity contribution is 8.25. The second kappa shape index (κ2) is 33.4. The molecule has 0 aromatic heterocycles. The van der Waals surface area contributed by atoms with Crippen molar-refractivity contribution in [3.63, 3.8) is 0 Å². The summed E-state index contributed by atoms with van der Waals surface area (Å²) in [7, 11) is 0. The van der Waals surface area contributed by atoms with Crippen LogP contribution in [0.3, 0.4) is 0 Å². The third-order valence-corrected chi connectivity index (χ3v) is 20.4. The van der Waals surface area contributed by atoms with Crippen LogP contribution in [0.5, 0.6) is 11.5 Å². The van der Waals surface area contributed by atoms with Crippen molar-refractivity contribution < 1.29 is 71.5 Å². The van der Waals surface area contributed by atoms with Crippen molar-refractivity contribution in [2.24, 2.45) is 28.1 Å². The average molecular weight is 1220 g/mol. The number of rotatable bonds is 29. The molecule has 458 valence electrons. The minimum Gasteiger partial charge on any atom is -0.463 e. The molecule has 4 saturated carbocycles. The van der Waals surface area contributed by atoms with E-state index in [1.165, 1.54) is 35.7 Å². The van der Waals surface area contributed by atoms with Gasteiger partial charge < -0.3 is 37.9 Å². The van der Waals surface area contributed by atoms with Crippen LogP contribution in [0.15, 0.2) is 92.1 Å². The fourth-order valence-electron chi connectivity index (χ4n) is 11.7. The number of esters is 6. The van der Waals surface area contributed by atoms with Crippen LogP contribution < -0.4 is 9.47 Å². The highest BCUT2D eigenvalue weighted by atomic mass is 32.2. The third-order valence-electron chi connectivity index (χ3n) is 16.7. The lowest BCUT2D eigenvalue weighted by Crippen LogP contribution is -2.33. The van der Waals surface area contributed by atoms with Crippen LogP contribution in [0.1, 0.15) is 171 Å². The van der Waals surface area contributed by atoms with Gasteiger partial charge in [-0.3, -0.25) is 24.0 Å². The van der Waals surface area contributed by atoms with E-state index in [2.05, 4.69) is 30.7 Å². The molecule has 85 heavy (non-hydrogen) atoms. The Hall–Kier alpha value is -5.73. The topological polar surface area (TPSA) is 206 Å². The van der Waals surface area contributed by atoms with Gasteiger partial charge in [0.2, 0.25) is 5.78 Å². The summed E-state index contributed by atoms with van der Waals surface area (Å²) in [5, 5.41) is 0. The van der Waals surface area contributed by atoms with E-state index in [0.29, 0.717) is 119 Å². The van der Waals surface area contributed by atoms with Crippen molar-refractivity contribution in [2.45, 2.75) is 188 Å². The number of Topliss-reactive ketones (excluding diaryl/α,β-unsaturated/α-hetero) is 1. The zero-order valence-corrected chi connectivity index (χ0v) is 51.2. The van der Waals surface area contributed by atoms with Crippen LogP contribution in [0, 0.1) is 23.7 Å². The summed E-state index contributed by atoms with van der Waals surface area (Å²) >= 11 is 3.58. The maximum Gasteiger partial charge on any atom is 0.330 e. The molecule has 2 aromatic carbocycles. The molecule has 0 saturated heterocycles. The van der Waals surface area contributed by atoms with Crippen LogP contribution in [0.4, 0.5) is 0 Å². The van der Waals surface area contributed by atoms with Gasteiger partial charge in [0, 0.05) is 54.0 Å². The van der Waals surface area contributed by atoms with E-state index >= 15 is 0 Å². The molecule has 0 radical (unpaired) electrons. The minimum absolute atomic E-state index is 0.135. The Bertz CT molecular complexity index is 2650. The molecule has 0 N–H and O–H groups in total. The molecule has 0 spiro atoms. The van der Waals surface area contributed by atoms with Crippen molar-refractivity contribution >= 4 is 94.9 Å². The molecule has 0 amide bonds. The maximum absolute atomic E-state index is 14.3. The number of benzene rings is 2. The van der Waals surface area contributed by atoms with Crippen molar-refractivity contribution in [2.75, 3.05) is 26.4 Å². The van der Waals surface area contributed by atoms with Gasteiger partial charge in [0.25, 0.3) is 0 Å². The molecule has 0 unspecified atom stereocenters. The van der Waals surface area contributed by atoms with Gasteiger partial charge in [-0.1, -0.05) is 105 Å². The molecule has 2 heterocycles. The normalized spacial score (nSPS) is 23.8. The predicted molar refractivity (Wildman–Crippen MR) is 329 cm³/mol. The smallest absolute Gasteiger partial charge is 0.330 e. The van der Waals surface area contributed by atoms with Gasteiger partial charge in [-0.2, -0.15) is 0 Å². The van der Waals surface area contributed by atoms with E-state index in [1.54, 1.807) is 12.2 Å². The molecule has 19 heteroatoms. The molecule has 4 fully saturated rings. The van der Waals surface area contributed by atoms with Crippen molar-refractivity contribution in [3.05, 3.63) is 94.6 Å². The van der Waals surface area contributed by atoms with Crippen LogP contribution in [-0.2, 0) is 62.0 Å². The molecule has 2 aliphatic heterocycles. The Morgan fingerprint density at radius 1 is 0.482 bits per heavy atom. The number of unbranched alkanes of at least 4 members (excludes halogenated alkanes) is 6. The lowest BCUT2D eigenvalue weighted by molar-refractivity contribution is -0.160. The Morgan fingerprint density at radius 2 is 0.859 bits per heavy atom. The number of carbonyl (C=O) groups is 7. The molecule has 6 aliphatic rings. The summed E-state index contributed by atoms with van der Waals surface area (Å²) in [6.45, 7) is 17.1. The zero-order chi connectivity index (χ0) is 60.1. The first-order valence-corrected chi connectivity index (χ1v) is 32.9. The first kappa shape index (κ1) is 65.2. The summed E-state index contributed by atoms with van der Waals surface area (Å²) < 4.78 is 52.4. The number of fused-ring (bicyclic) bond motifs is 1. The summed E-state index contributed by atoms with van der Waals surface area (Å²) in [6, 6.07) is 9.23. The number of hydrogen-bond acceptors (Lipinski definition) is 19. The number of nitrogens with zero attached hydrogens (tertiary/aromatic N) is 1. The Balaban J connectivity index is 0.839. The minimum atomic E-state index is -0.501. The largest absolute Gasteiger partial charge is 0.463 e. The fraction of sp³-hybridized carbons (Fsp3) is 0.545. The van der Waals surface area contributed by atoms with E-state index in [0.717, 1.165) is 115 Å². The molecule has 0 bridgehead atoms. The molecule has 8 rings (SSSR count). The predicted octanol–water partition coefficient (Wildman–Crippen LogP) is 13.8. The Kier molecular flexibility index (Phi) is 25.6. The fourth-order valence-corrected chi connectivity index (χ4v) is 15.3. The summed E-state index contributed by atoms with van der Waals surface area (Å²) in [4.78, 5) is 93.5. The number of hydrogen-bond donors (Lipinski definition) is 0. The quantitative estimate of drug-likeness (QED) is 0.0185. The van der Waals surface area contributed by atoms with Crippen molar-refractivity contribution in [1.82, 2.24) is 0 Å².